The SMILES string of the molecule is CCN(CC)C1CCCCC1.CCN(CC)C1CCCCC1.O=S(=O)([O-])[O-]. The smallest absolute Gasteiger partial charge is 0.0311 e. The van der Waals surface area contributed by atoms with Crippen LogP contribution in [0, 0.1) is 0 Å². The van der Waals surface area contributed by atoms with Crippen LogP contribution >= 0.6 is 0 Å². The molecule has 0 saturated heterocycles. The summed E-state index contributed by atoms with van der Waals surface area (Å²) in [7, 11) is -5.17. The van der Waals surface area contributed by atoms with E-state index in [0.29, 0.717) is 0 Å². The first-order valence-electron chi connectivity index (χ1n) is 10.9. The maximum absolute atomic E-state index is 8.52. The van der Waals surface area contributed by atoms with Crippen LogP contribution in [0.3, 0.4) is 0 Å². The van der Waals surface area contributed by atoms with Crippen LogP contribution in [0.25, 0.3) is 0 Å². The van der Waals surface area contributed by atoms with Gasteiger partial charge in [0.2, 0.25) is 0 Å². The van der Waals surface area contributed by atoms with Gasteiger partial charge in [-0.25, -0.2) is 0 Å². The van der Waals surface area contributed by atoms with Crippen molar-refractivity contribution in [1.29, 1.82) is 0 Å². The van der Waals surface area contributed by atoms with E-state index in [9.17, 15) is 0 Å². The van der Waals surface area contributed by atoms with Gasteiger partial charge in [0.05, 0.1) is 0 Å². The predicted octanol–water partition coefficient (Wildman–Crippen LogP) is 3.98. The summed E-state index contributed by atoms with van der Waals surface area (Å²) < 4.78 is 34.1. The second-order valence-electron chi connectivity index (χ2n) is 7.43. The van der Waals surface area contributed by atoms with Gasteiger partial charge in [-0.3, -0.25) is 8.42 Å². The fourth-order valence-electron chi connectivity index (χ4n) is 4.37. The number of hydrogen-bond donors (Lipinski definition) is 0. The topological polar surface area (TPSA) is 86.7 Å². The highest BCUT2D eigenvalue weighted by Crippen LogP contribution is 2.22. The van der Waals surface area contributed by atoms with E-state index in [1.807, 2.05) is 0 Å². The molecule has 0 spiro atoms. The predicted molar refractivity (Wildman–Crippen MR) is 110 cm³/mol. The van der Waals surface area contributed by atoms with E-state index >= 15 is 0 Å². The molecule has 0 aromatic heterocycles. The van der Waals surface area contributed by atoms with E-state index < -0.39 is 10.4 Å². The summed E-state index contributed by atoms with van der Waals surface area (Å²) in [6.07, 6.45) is 14.6. The quantitative estimate of drug-likeness (QED) is 0.490. The van der Waals surface area contributed by atoms with E-state index in [1.54, 1.807) is 0 Å². The van der Waals surface area contributed by atoms with Crippen molar-refractivity contribution in [1.82, 2.24) is 9.80 Å². The molecule has 0 aromatic carbocycles. The molecule has 0 atom stereocenters. The van der Waals surface area contributed by atoms with Crippen LogP contribution in [0.5, 0.6) is 0 Å². The van der Waals surface area contributed by atoms with Crippen molar-refractivity contribution in [2.75, 3.05) is 26.2 Å². The van der Waals surface area contributed by atoms with Crippen LogP contribution in [0.4, 0.5) is 0 Å². The fraction of sp³-hybridized carbons (Fsp3) is 1.00. The normalized spacial score (nSPS) is 19.3. The van der Waals surface area contributed by atoms with Crippen molar-refractivity contribution in [2.24, 2.45) is 0 Å². The van der Waals surface area contributed by atoms with E-state index in [1.165, 1.54) is 90.4 Å². The summed E-state index contributed by atoms with van der Waals surface area (Å²) in [5.74, 6) is 0. The van der Waals surface area contributed by atoms with E-state index in [2.05, 4.69) is 37.5 Å². The van der Waals surface area contributed by atoms with Crippen LogP contribution in [0.2, 0.25) is 0 Å². The third kappa shape index (κ3) is 14.4. The van der Waals surface area contributed by atoms with Gasteiger partial charge in [-0.2, -0.15) is 0 Å². The Morgan fingerprint density at radius 2 is 0.852 bits per heavy atom. The number of nitrogens with zero attached hydrogens (tertiary/aromatic N) is 2. The molecular formula is C20H42N2O4S-2. The first-order chi connectivity index (χ1) is 12.8. The lowest BCUT2D eigenvalue weighted by Gasteiger charge is -2.32. The highest BCUT2D eigenvalue weighted by Gasteiger charge is 2.18. The van der Waals surface area contributed by atoms with Crippen molar-refractivity contribution in [3.05, 3.63) is 0 Å². The Labute approximate surface area is 168 Å². The highest BCUT2D eigenvalue weighted by molar-refractivity contribution is 7.79. The third-order valence-corrected chi connectivity index (χ3v) is 5.81. The van der Waals surface area contributed by atoms with Gasteiger partial charge in [0.25, 0.3) is 0 Å². The highest BCUT2D eigenvalue weighted by atomic mass is 32.3. The molecule has 0 amide bonds. The Balaban J connectivity index is 0.000000405. The third-order valence-electron chi connectivity index (χ3n) is 5.81. The molecule has 2 fully saturated rings. The standard InChI is InChI=1S/2C10H21N.H2O4S/c2*1-3-11(4-2)10-8-6-5-7-9-10;1-5(2,3)4/h2*10H,3-9H2,1-2H3;(H2,1,2,3,4)/p-2. The van der Waals surface area contributed by atoms with Gasteiger partial charge in [-0.05, 0) is 51.9 Å². The molecule has 0 aromatic rings. The minimum atomic E-state index is -5.17. The first kappa shape index (κ1) is 26.8. The zero-order chi connectivity index (χ0) is 20.7. The van der Waals surface area contributed by atoms with E-state index in [-0.39, 0.29) is 0 Å². The molecule has 0 aliphatic heterocycles. The van der Waals surface area contributed by atoms with Gasteiger partial charge in [0, 0.05) is 22.5 Å². The minimum absolute atomic E-state index is 0.916. The zero-order valence-electron chi connectivity index (χ0n) is 18.0. The van der Waals surface area contributed by atoms with Crippen LogP contribution in [0.15, 0.2) is 0 Å². The number of hydrogen-bond acceptors (Lipinski definition) is 6. The lowest BCUT2D eigenvalue weighted by atomic mass is 9.94. The summed E-state index contributed by atoms with van der Waals surface area (Å²) in [6.45, 7) is 14.1. The summed E-state index contributed by atoms with van der Waals surface area (Å²) in [6, 6.07) is 1.83. The van der Waals surface area contributed by atoms with E-state index in [4.69, 9.17) is 17.5 Å². The molecule has 7 heteroatoms. The average molecular weight is 407 g/mol. The monoisotopic (exact) mass is 406 g/mol. The van der Waals surface area contributed by atoms with Crippen molar-refractivity contribution in [3.8, 4) is 0 Å². The van der Waals surface area contributed by atoms with Gasteiger partial charge in [-0.15, -0.1) is 0 Å². The van der Waals surface area contributed by atoms with Crippen LogP contribution in [-0.2, 0) is 10.4 Å². The Bertz CT molecular complexity index is 391. The van der Waals surface area contributed by atoms with Crippen LogP contribution < -0.4 is 0 Å². The summed E-state index contributed by atoms with van der Waals surface area (Å²) in [5.41, 5.74) is 0. The molecule has 164 valence electrons. The molecule has 2 aliphatic rings. The largest absolute Gasteiger partial charge is 0.759 e. The van der Waals surface area contributed by atoms with Crippen molar-refractivity contribution in [2.45, 2.75) is 104 Å². The molecule has 2 aliphatic carbocycles. The molecule has 2 rings (SSSR count). The molecule has 27 heavy (non-hydrogen) atoms. The second kappa shape index (κ2) is 15.7. The molecular weight excluding hydrogens is 364 g/mol. The molecule has 0 N–H and O–H groups in total. The van der Waals surface area contributed by atoms with Gasteiger partial charge < -0.3 is 18.9 Å². The van der Waals surface area contributed by atoms with Gasteiger partial charge in [-0.1, -0.05) is 66.2 Å². The molecule has 0 radical (unpaired) electrons. The van der Waals surface area contributed by atoms with Crippen LogP contribution in [0.1, 0.15) is 91.9 Å². The lowest BCUT2D eigenvalue weighted by Crippen LogP contribution is -2.36. The zero-order valence-corrected chi connectivity index (χ0v) is 18.8. The summed E-state index contributed by atoms with van der Waals surface area (Å²) in [4.78, 5) is 5.22. The lowest BCUT2D eigenvalue weighted by molar-refractivity contribution is 0.172. The van der Waals surface area contributed by atoms with Crippen molar-refractivity contribution >= 4 is 10.4 Å². The van der Waals surface area contributed by atoms with Gasteiger partial charge in [0.1, 0.15) is 0 Å². The Hall–Kier alpha value is -0.210. The molecule has 2 saturated carbocycles. The Morgan fingerprint density at radius 1 is 0.630 bits per heavy atom. The van der Waals surface area contributed by atoms with E-state index in [0.717, 1.165) is 12.1 Å². The van der Waals surface area contributed by atoms with Crippen molar-refractivity contribution in [3.63, 3.8) is 0 Å². The molecule has 0 bridgehead atoms. The Kier molecular flexibility index (Phi) is 15.6. The maximum Gasteiger partial charge on any atom is 0.0311 e. The Morgan fingerprint density at radius 3 is 1.04 bits per heavy atom. The summed E-state index contributed by atoms with van der Waals surface area (Å²) in [5, 5.41) is 0. The fourth-order valence-corrected chi connectivity index (χ4v) is 4.37. The average Bonchev–Trinajstić information content (AvgIpc) is 2.65. The van der Waals surface area contributed by atoms with Gasteiger partial charge in [0.15, 0.2) is 0 Å². The number of rotatable bonds is 6. The first-order valence-corrected chi connectivity index (χ1v) is 12.2. The molecule has 6 nitrogen and oxygen atoms in total. The molecule has 0 unspecified atom stereocenters. The van der Waals surface area contributed by atoms with Crippen LogP contribution in [-0.4, -0.2) is 65.6 Å². The van der Waals surface area contributed by atoms with Crippen molar-refractivity contribution < 1.29 is 17.5 Å². The second-order valence-corrected chi connectivity index (χ2v) is 8.25. The summed E-state index contributed by atoms with van der Waals surface area (Å²) >= 11 is 0. The molecule has 0 heterocycles. The maximum atomic E-state index is 8.52. The minimum Gasteiger partial charge on any atom is -0.759 e. The van der Waals surface area contributed by atoms with Gasteiger partial charge >= 0.3 is 0 Å².